The first-order valence-corrected chi connectivity index (χ1v) is 6.07. The Labute approximate surface area is 125 Å². The molecule has 2 aromatic rings. The van der Waals surface area contributed by atoms with E-state index in [1.165, 1.54) is 19.2 Å². The van der Waals surface area contributed by atoms with Crippen LogP contribution in [-0.2, 0) is 6.61 Å². The van der Waals surface area contributed by atoms with Crippen molar-refractivity contribution in [3.05, 3.63) is 28.5 Å². The van der Waals surface area contributed by atoms with Crippen LogP contribution in [0, 0.1) is 11.3 Å². The van der Waals surface area contributed by atoms with Gasteiger partial charge in [0, 0.05) is 6.07 Å². The van der Waals surface area contributed by atoms with E-state index in [-0.39, 0.29) is 35.1 Å². The third kappa shape index (κ3) is 3.40. The zero-order chi connectivity index (χ0) is 15.4. The van der Waals surface area contributed by atoms with E-state index in [2.05, 4.69) is 15.0 Å². The molecule has 0 unspecified atom stereocenters. The van der Waals surface area contributed by atoms with Crippen LogP contribution >= 0.6 is 11.6 Å². The highest BCUT2D eigenvalue weighted by Crippen LogP contribution is 2.36. The molecule has 8 nitrogen and oxygen atoms in total. The molecule has 0 bridgehead atoms. The van der Waals surface area contributed by atoms with E-state index in [4.69, 9.17) is 37.8 Å². The molecule has 2 rings (SSSR count). The van der Waals surface area contributed by atoms with E-state index in [0.717, 1.165) is 0 Å². The van der Waals surface area contributed by atoms with Crippen LogP contribution in [0.25, 0.3) is 0 Å². The minimum Gasteiger partial charge on any atom is -0.493 e. The van der Waals surface area contributed by atoms with Gasteiger partial charge in [0.1, 0.15) is 6.61 Å². The van der Waals surface area contributed by atoms with Gasteiger partial charge in [0.25, 0.3) is 0 Å². The number of ether oxygens (including phenoxy) is 2. The van der Waals surface area contributed by atoms with Crippen molar-refractivity contribution in [3.63, 3.8) is 0 Å². The Hall–Kier alpha value is -2.79. The zero-order valence-corrected chi connectivity index (χ0v) is 11.8. The van der Waals surface area contributed by atoms with Gasteiger partial charge in [-0.05, 0) is 6.07 Å². The second kappa shape index (κ2) is 6.11. The molecule has 108 valence electrons. The summed E-state index contributed by atoms with van der Waals surface area (Å²) in [7, 11) is 1.44. The lowest BCUT2D eigenvalue weighted by Crippen LogP contribution is -2.09. The molecule has 0 fully saturated rings. The number of hydrogen-bond donors (Lipinski definition) is 2. The maximum atomic E-state index is 8.88. The van der Waals surface area contributed by atoms with E-state index in [1.54, 1.807) is 0 Å². The van der Waals surface area contributed by atoms with Gasteiger partial charge in [-0.25, -0.2) is 0 Å². The summed E-state index contributed by atoms with van der Waals surface area (Å²) in [5.74, 6) is 0.852. The van der Waals surface area contributed by atoms with Gasteiger partial charge in [0.05, 0.1) is 23.8 Å². The van der Waals surface area contributed by atoms with Crippen molar-refractivity contribution >= 4 is 23.5 Å². The van der Waals surface area contributed by atoms with Crippen molar-refractivity contribution in [3.8, 4) is 17.6 Å². The molecule has 0 atom stereocenters. The number of hydrogen-bond acceptors (Lipinski definition) is 8. The molecule has 1 heterocycles. The van der Waals surface area contributed by atoms with E-state index in [1.807, 2.05) is 6.07 Å². The first-order valence-electron chi connectivity index (χ1n) is 5.70. The molecule has 0 spiro atoms. The Morgan fingerprint density at radius 3 is 2.48 bits per heavy atom. The number of nitrogen functional groups attached to an aromatic ring is 2. The number of aromatic nitrogens is 3. The molecule has 0 saturated carbocycles. The quantitative estimate of drug-likeness (QED) is 0.859. The molecule has 1 aromatic carbocycles. The number of nitriles is 1. The normalized spacial score (nSPS) is 9.95. The lowest BCUT2D eigenvalue weighted by Gasteiger charge is -2.12. The number of nitrogens with two attached hydrogens (primary N) is 2. The summed E-state index contributed by atoms with van der Waals surface area (Å²) in [6.07, 6.45) is 0. The van der Waals surface area contributed by atoms with Crippen molar-refractivity contribution in [2.45, 2.75) is 6.61 Å². The van der Waals surface area contributed by atoms with E-state index in [9.17, 15) is 0 Å². The van der Waals surface area contributed by atoms with E-state index in [0.29, 0.717) is 11.3 Å². The first-order chi connectivity index (χ1) is 10.0. The van der Waals surface area contributed by atoms with Crippen LogP contribution < -0.4 is 20.9 Å². The van der Waals surface area contributed by atoms with Crippen LogP contribution in [0.15, 0.2) is 12.1 Å². The molecule has 1 aromatic heterocycles. The smallest absolute Gasteiger partial charge is 0.225 e. The minimum atomic E-state index is -0.0289. The van der Waals surface area contributed by atoms with Gasteiger partial charge in [-0.15, -0.1) is 0 Å². The molecule has 0 aliphatic rings. The Balaban J connectivity index is 2.25. The summed E-state index contributed by atoms with van der Waals surface area (Å²) in [5, 5.41) is 9.12. The van der Waals surface area contributed by atoms with E-state index >= 15 is 0 Å². The van der Waals surface area contributed by atoms with Gasteiger partial charge in [-0.1, -0.05) is 11.6 Å². The zero-order valence-electron chi connectivity index (χ0n) is 11.0. The largest absolute Gasteiger partial charge is 0.493 e. The second-order valence-electron chi connectivity index (χ2n) is 3.86. The summed E-state index contributed by atoms with van der Waals surface area (Å²) in [5.41, 5.74) is 11.3. The fourth-order valence-electron chi connectivity index (χ4n) is 1.58. The molecule has 9 heteroatoms. The van der Waals surface area contributed by atoms with Crippen molar-refractivity contribution < 1.29 is 9.47 Å². The fraction of sp³-hybridized carbons (Fsp3) is 0.167. The number of benzene rings is 1. The molecular formula is C12H11ClN6O2. The monoisotopic (exact) mass is 306 g/mol. The number of methoxy groups -OCH3 is 1. The van der Waals surface area contributed by atoms with Gasteiger partial charge < -0.3 is 20.9 Å². The van der Waals surface area contributed by atoms with Gasteiger partial charge in [0.15, 0.2) is 17.3 Å². The Morgan fingerprint density at radius 1 is 1.24 bits per heavy atom. The summed E-state index contributed by atoms with van der Waals surface area (Å²) in [6, 6.07) is 4.95. The standard InChI is InChI=1S/C12H11ClN6O2/c1-20-8-3-6(4-14)2-7(13)10(8)21-5-9-17-11(15)19-12(16)18-9/h2-3H,5H2,1H3,(H4,15,16,17,18,19). The van der Waals surface area contributed by atoms with Crippen LogP contribution in [0.2, 0.25) is 5.02 Å². The average molecular weight is 307 g/mol. The van der Waals surface area contributed by atoms with Crippen LogP contribution in [-0.4, -0.2) is 22.1 Å². The first kappa shape index (κ1) is 14.6. The van der Waals surface area contributed by atoms with E-state index < -0.39 is 0 Å². The third-order valence-corrected chi connectivity index (χ3v) is 2.70. The van der Waals surface area contributed by atoms with Crippen molar-refractivity contribution in [1.29, 1.82) is 5.26 Å². The highest BCUT2D eigenvalue weighted by atomic mass is 35.5. The Morgan fingerprint density at radius 2 is 1.90 bits per heavy atom. The number of anilines is 2. The minimum absolute atomic E-state index is 0.000935. The third-order valence-electron chi connectivity index (χ3n) is 2.42. The van der Waals surface area contributed by atoms with Crippen molar-refractivity contribution in [2.24, 2.45) is 0 Å². The average Bonchev–Trinajstić information content (AvgIpc) is 2.44. The highest BCUT2D eigenvalue weighted by Gasteiger charge is 2.13. The SMILES string of the molecule is COc1cc(C#N)cc(Cl)c1OCc1nc(N)nc(N)n1. The lowest BCUT2D eigenvalue weighted by molar-refractivity contribution is 0.276. The predicted octanol–water partition coefficient (Wildman–Crippen LogP) is 1.15. The molecule has 0 aliphatic carbocycles. The number of nitrogens with zero attached hydrogens (tertiary/aromatic N) is 4. The summed E-state index contributed by atoms with van der Waals surface area (Å²) in [6.45, 7) is -0.0289. The van der Waals surface area contributed by atoms with Gasteiger partial charge in [-0.3, -0.25) is 0 Å². The lowest BCUT2D eigenvalue weighted by atomic mass is 10.2. The molecule has 0 aliphatic heterocycles. The van der Waals surface area contributed by atoms with Gasteiger partial charge in [-0.2, -0.15) is 20.2 Å². The summed E-state index contributed by atoms with van der Waals surface area (Å²) >= 11 is 6.06. The predicted molar refractivity (Wildman–Crippen MR) is 75.7 cm³/mol. The highest BCUT2D eigenvalue weighted by molar-refractivity contribution is 6.32. The molecule has 0 radical (unpaired) electrons. The van der Waals surface area contributed by atoms with Crippen LogP contribution in [0.3, 0.4) is 0 Å². The topological polar surface area (TPSA) is 133 Å². The molecule has 0 saturated heterocycles. The Bertz CT molecular complexity index is 695. The van der Waals surface area contributed by atoms with Crippen molar-refractivity contribution in [1.82, 2.24) is 15.0 Å². The number of halogens is 1. The molecule has 0 amide bonds. The van der Waals surface area contributed by atoms with Crippen LogP contribution in [0.4, 0.5) is 11.9 Å². The second-order valence-corrected chi connectivity index (χ2v) is 4.27. The van der Waals surface area contributed by atoms with Gasteiger partial charge >= 0.3 is 0 Å². The molecular weight excluding hydrogens is 296 g/mol. The van der Waals surface area contributed by atoms with Crippen LogP contribution in [0.5, 0.6) is 11.5 Å². The maximum absolute atomic E-state index is 8.88. The van der Waals surface area contributed by atoms with Crippen molar-refractivity contribution in [2.75, 3.05) is 18.6 Å². The fourth-order valence-corrected chi connectivity index (χ4v) is 1.85. The summed E-state index contributed by atoms with van der Waals surface area (Å²) in [4.78, 5) is 11.4. The summed E-state index contributed by atoms with van der Waals surface area (Å²) < 4.78 is 10.7. The van der Waals surface area contributed by atoms with Gasteiger partial charge in [0.2, 0.25) is 11.9 Å². The Kier molecular flexibility index (Phi) is 4.25. The molecule has 4 N–H and O–H groups in total. The van der Waals surface area contributed by atoms with Crippen LogP contribution in [0.1, 0.15) is 11.4 Å². The maximum Gasteiger partial charge on any atom is 0.225 e. The number of rotatable bonds is 4. The molecule has 21 heavy (non-hydrogen) atoms.